The lowest BCUT2D eigenvalue weighted by molar-refractivity contribution is 0.370. The van der Waals surface area contributed by atoms with Crippen LogP contribution in [0.1, 0.15) is 50.5 Å². The maximum absolute atomic E-state index is 3.75. The summed E-state index contributed by atoms with van der Waals surface area (Å²) in [5.41, 5.74) is 1.52. The summed E-state index contributed by atoms with van der Waals surface area (Å²) < 4.78 is 0. The van der Waals surface area contributed by atoms with Gasteiger partial charge in [-0.25, -0.2) is 0 Å². The maximum Gasteiger partial charge on any atom is 0.00990 e. The Balaban J connectivity index is 1.50. The third kappa shape index (κ3) is 3.60. The number of benzene rings is 1. The van der Waals surface area contributed by atoms with E-state index < -0.39 is 0 Å². The highest BCUT2D eigenvalue weighted by Crippen LogP contribution is 2.31. The summed E-state index contributed by atoms with van der Waals surface area (Å²) in [5.74, 6) is 1.91. The Morgan fingerprint density at radius 2 is 1.74 bits per heavy atom. The van der Waals surface area contributed by atoms with E-state index in [1.807, 2.05) is 0 Å². The molecule has 2 aliphatic rings. The van der Waals surface area contributed by atoms with Crippen LogP contribution >= 0.6 is 0 Å². The lowest BCUT2D eigenvalue weighted by Crippen LogP contribution is -2.28. The second-order valence-electron chi connectivity index (χ2n) is 6.53. The Bertz CT molecular complexity index is 367. The van der Waals surface area contributed by atoms with Crippen LogP contribution in [0.2, 0.25) is 0 Å². The fourth-order valence-corrected chi connectivity index (χ4v) is 4.04. The van der Waals surface area contributed by atoms with Gasteiger partial charge in [0.15, 0.2) is 0 Å². The highest BCUT2D eigenvalue weighted by molar-refractivity contribution is 5.16. The van der Waals surface area contributed by atoms with Crippen molar-refractivity contribution in [1.82, 2.24) is 5.32 Å². The molecule has 1 saturated heterocycles. The summed E-state index contributed by atoms with van der Waals surface area (Å²) >= 11 is 0. The molecule has 0 bridgehead atoms. The minimum Gasteiger partial charge on any atom is -0.314 e. The summed E-state index contributed by atoms with van der Waals surface area (Å²) in [6.45, 7) is 1.23. The Kier molecular flexibility index (Phi) is 4.55. The van der Waals surface area contributed by atoms with Crippen LogP contribution in [0.4, 0.5) is 0 Å². The van der Waals surface area contributed by atoms with Crippen molar-refractivity contribution in [2.45, 2.75) is 57.4 Å². The molecule has 2 atom stereocenters. The van der Waals surface area contributed by atoms with Gasteiger partial charge >= 0.3 is 0 Å². The Hall–Kier alpha value is -0.820. The fraction of sp³-hybridized carbons (Fsp3) is 0.667. The van der Waals surface area contributed by atoms with Crippen LogP contribution in [0, 0.1) is 11.8 Å². The van der Waals surface area contributed by atoms with Gasteiger partial charge in [-0.2, -0.15) is 0 Å². The van der Waals surface area contributed by atoms with Crippen molar-refractivity contribution >= 4 is 0 Å². The predicted octanol–water partition coefficient (Wildman–Crippen LogP) is 4.18. The molecule has 1 aromatic carbocycles. The molecule has 0 radical (unpaired) electrons. The Labute approximate surface area is 117 Å². The molecule has 19 heavy (non-hydrogen) atoms. The van der Waals surface area contributed by atoms with Crippen molar-refractivity contribution in [1.29, 1.82) is 0 Å². The van der Waals surface area contributed by atoms with E-state index in [4.69, 9.17) is 0 Å². The van der Waals surface area contributed by atoms with E-state index in [0.29, 0.717) is 0 Å². The molecule has 3 rings (SSSR count). The highest BCUT2D eigenvalue weighted by atomic mass is 14.9. The van der Waals surface area contributed by atoms with Gasteiger partial charge in [-0.1, -0.05) is 56.0 Å². The van der Waals surface area contributed by atoms with E-state index >= 15 is 0 Å². The average molecular weight is 257 g/mol. The first-order valence-electron chi connectivity index (χ1n) is 8.19. The van der Waals surface area contributed by atoms with Crippen molar-refractivity contribution in [2.75, 3.05) is 6.54 Å². The van der Waals surface area contributed by atoms with Gasteiger partial charge in [-0.05, 0) is 49.6 Å². The molecule has 1 N–H and O–H groups in total. The fourth-order valence-electron chi connectivity index (χ4n) is 4.04. The van der Waals surface area contributed by atoms with Crippen LogP contribution in [0.5, 0.6) is 0 Å². The van der Waals surface area contributed by atoms with Crippen LogP contribution in [0.25, 0.3) is 0 Å². The van der Waals surface area contributed by atoms with Crippen LogP contribution in [0.15, 0.2) is 30.3 Å². The molecular formula is C18H27N. The van der Waals surface area contributed by atoms with Crippen LogP contribution in [-0.2, 0) is 6.42 Å². The Morgan fingerprint density at radius 3 is 2.53 bits per heavy atom. The topological polar surface area (TPSA) is 12.0 Å². The zero-order chi connectivity index (χ0) is 12.9. The van der Waals surface area contributed by atoms with Gasteiger partial charge in [0, 0.05) is 6.04 Å². The third-order valence-electron chi connectivity index (χ3n) is 5.19. The molecule has 1 aromatic rings. The first-order valence-corrected chi connectivity index (χ1v) is 8.19. The summed E-state index contributed by atoms with van der Waals surface area (Å²) in [6.07, 6.45) is 11.5. The van der Waals surface area contributed by atoms with Gasteiger partial charge in [0.1, 0.15) is 0 Å². The second-order valence-corrected chi connectivity index (χ2v) is 6.53. The van der Waals surface area contributed by atoms with Crippen LogP contribution < -0.4 is 5.32 Å². The van der Waals surface area contributed by atoms with Gasteiger partial charge in [-0.15, -0.1) is 0 Å². The van der Waals surface area contributed by atoms with Crippen molar-refractivity contribution in [2.24, 2.45) is 11.8 Å². The molecule has 1 saturated carbocycles. The van der Waals surface area contributed by atoms with Gasteiger partial charge in [-0.3, -0.25) is 0 Å². The van der Waals surface area contributed by atoms with E-state index in [1.165, 1.54) is 63.5 Å². The molecule has 104 valence electrons. The van der Waals surface area contributed by atoms with E-state index in [-0.39, 0.29) is 0 Å². The summed E-state index contributed by atoms with van der Waals surface area (Å²) in [7, 11) is 0. The molecule has 0 amide bonds. The highest BCUT2D eigenvalue weighted by Gasteiger charge is 2.27. The zero-order valence-electron chi connectivity index (χ0n) is 12.0. The molecular weight excluding hydrogens is 230 g/mol. The van der Waals surface area contributed by atoms with Gasteiger partial charge in [0.25, 0.3) is 0 Å². The lowest BCUT2D eigenvalue weighted by Gasteiger charge is -2.21. The molecule has 2 unspecified atom stereocenters. The first-order chi connectivity index (χ1) is 9.42. The normalized spacial score (nSPS) is 28.0. The predicted molar refractivity (Wildman–Crippen MR) is 81.2 cm³/mol. The van der Waals surface area contributed by atoms with Crippen molar-refractivity contribution in [3.05, 3.63) is 35.9 Å². The second kappa shape index (κ2) is 6.56. The molecule has 0 aromatic heterocycles. The zero-order valence-corrected chi connectivity index (χ0v) is 12.0. The van der Waals surface area contributed by atoms with Crippen molar-refractivity contribution in [3.8, 4) is 0 Å². The van der Waals surface area contributed by atoms with Gasteiger partial charge < -0.3 is 5.32 Å². The van der Waals surface area contributed by atoms with E-state index in [2.05, 4.69) is 35.6 Å². The van der Waals surface area contributed by atoms with Crippen molar-refractivity contribution in [3.63, 3.8) is 0 Å². The van der Waals surface area contributed by atoms with Gasteiger partial charge in [0.05, 0.1) is 0 Å². The summed E-state index contributed by atoms with van der Waals surface area (Å²) in [6, 6.07) is 11.8. The lowest BCUT2D eigenvalue weighted by atomic mass is 9.88. The monoisotopic (exact) mass is 257 g/mol. The smallest absolute Gasteiger partial charge is 0.00990 e. The number of hydrogen-bond acceptors (Lipinski definition) is 1. The number of hydrogen-bond donors (Lipinski definition) is 1. The molecule has 1 heteroatoms. The standard InChI is InChI=1S/C18H27N/c1-2-8-16(9-3-1)14-17-12-13-19-18(17)11-10-15-6-4-5-7-15/h1-3,8-9,15,17-19H,4-7,10-14H2. The van der Waals surface area contributed by atoms with Crippen LogP contribution in [0.3, 0.4) is 0 Å². The van der Waals surface area contributed by atoms with Crippen LogP contribution in [-0.4, -0.2) is 12.6 Å². The van der Waals surface area contributed by atoms with Gasteiger partial charge in [0.2, 0.25) is 0 Å². The largest absolute Gasteiger partial charge is 0.314 e. The Morgan fingerprint density at radius 1 is 0.947 bits per heavy atom. The quantitative estimate of drug-likeness (QED) is 0.834. The summed E-state index contributed by atoms with van der Waals surface area (Å²) in [5, 5.41) is 3.75. The van der Waals surface area contributed by atoms with E-state index in [0.717, 1.165) is 17.9 Å². The molecule has 1 heterocycles. The molecule has 1 aliphatic carbocycles. The van der Waals surface area contributed by atoms with E-state index in [1.54, 1.807) is 0 Å². The molecule has 2 fully saturated rings. The number of rotatable bonds is 5. The molecule has 1 aliphatic heterocycles. The van der Waals surface area contributed by atoms with E-state index in [9.17, 15) is 0 Å². The molecule has 1 nitrogen and oxygen atoms in total. The minimum atomic E-state index is 0.779. The van der Waals surface area contributed by atoms with Crippen molar-refractivity contribution < 1.29 is 0 Å². The SMILES string of the molecule is c1ccc(CC2CCNC2CCC2CCCC2)cc1. The number of nitrogens with one attached hydrogen (secondary N) is 1. The maximum atomic E-state index is 3.75. The summed E-state index contributed by atoms with van der Waals surface area (Å²) in [4.78, 5) is 0. The minimum absolute atomic E-state index is 0.779. The molecule has 0 spiro atoms. The third-order valence-corrected chi connectivity index (χ3v) is 5.19. The first kappa shape index (κ1) is 13.2. The average Bonchev–Trinajstić information content (AvgIpc) is 3.09.